The third kappa shape index (κ3) is 4.74. The Balaban J connectivity index is 1.60. The number of thiazole rings is 1. The lowest BCUT2D eigenvalue weighted by Gasteiger charge is -2.22. The molecule has 0 spiro atoms. The molecule has 1 fully saturated rings. The van der Waals surface area contributed by atoms with Crippen molar-refractivity contribution < 1.29 is 4.79 Å². The molecule has 4 rings (SSSR count). The van der Waals surface area contributed by atoms with Crippen molar-refractivity contribution in [3.8, 4) is 10.6 Å². The summed E-state index contributed by atoms with van der Waals surface area (Å²) in [7, 11) is 0. The minimum Gasteiger partial charge on any atom is -0.295 e. The van der Waals surface area contributed by atoms with Gasteiger partial charge in [0.05, 0.1) is 29.4 Å². The quantitative estimate of drug-likeness (QED) is 0.453. The summed E-state index contributed by atoms with van der Waals surface area (Å²) in [5.74, 6) is -0.0871. The molecule has 0 aromatic carbocycles. The normalized spacial score (nSPS) is 17.1. The molecule has 0 radical (unpaired) electrons. The summed E-state index contributed by atoms with van der Waals surface area (Å²) in [6.45, 7) is 6.39. The molecule has 1 saturated heterocycles. The molecule has 0 aliphatic carbocycles. The Morgan fingerprint density at radius 2 is 2.21 bits per heavy atom. The fourth-order valence-corrected chi connectivity index (χ4v) is 5.95. The molecule has 0 amide bonds. The SMILES string of the molecule is CC[C@@H]1CCCN1Cc1sc(CC(=O)c2cnc(Cl)cn2)nc1-c1cc(C)cs1. The average Bonchev–Trinajstić information content (AvgIpc) is 3.42. The zero-order valence-corrected chi connectivity index (χ0v) is 18.9. The van der Waals surface area contributed by atoms with Crippen LogP contribution in [0.4, 0.5) is 0 Å². The summed E-state index contributed by atoms with van der Waals surface area (Å²) < 4.78 is 0. The molecule has 3 aromatic heterocycles. The van der Waals surface area contributed by atoms with Crippen LogP contribution in [0.5, 0.6) is 0 Å². The number of thiophene rings is 1. The van der Waals surface area contributed by atoms with Gasteiger partial charge < -0.3 is 0 Å². The highest BCUT2D eigenvalue weighted by molar-refractivity contribution is 7.15. The van der Waals surface area contributed by atoms with E-state index in [2.05, 4.69) is 40.2 Å². The minimum absolute atomic E-state index is 0.0871. The van der Waals surface area contributed by atoms with Crippen molar-refractivity contribution in [3.05, 3.63) is 50.1 Å². The van der Waals surface area contributed by atoms with Crippen molar-refractivity contribution in [1.29, 1.82) is 0 Å². The van der Waals surface area contributed by atoms with E-state index in [4.69, 9.17) is 16.6 Å². The van der Waals surface area contributed by atoms with Crippen LogP contribution < -0.4 is 0 Å². The van der Waals surface area contributed by atoms with Crippen molar-refractivity contribution in [2.24, 2.45) is 0 Å². The Morgan fingerprint density at radius 1 is 1.34 bits per heavy atom. The van der Waals surface area contributed by atoms with Crippen LogP contribution in [0.3, 0.4) is 0 Å². The summed E-state index contributed by atoms with van der Waals surface area (Å²) >= 11 is 9.14. The maximum atomic E-state index is 12.6. The first-order valence-corrected chi connectivity index (χ1v) is 11.9. The van der Waals surface area contributed by atoms with E-state index in [1.54, 1.807) is 22.7 Å². The summed E-state index contributed by atoms with van der Waals surface area (Å²) in [4.78, 5) is 30.6. The first kappa shape index (κ1) is 20.6. The second kappa shape index (κ2) is 9.00. The second-order valence-corrected chi connectivity index (χ2v) is 9.83. The predicted octanol–water partition coefficient (Wildman–Crippen LogP) is 5.42. The number of aromatic nitrogens is 3. The predicted molar refractivity (Wildman–Crippen MR) is 119 cm³/mol. The first-order valence-electron chi connectivity index (χ1n) is 9.82. The summed E-state index contributed by atoms with van der Waals surface area (Å²) in [5, 5.41) is 3.26. The zero-order valence-electron chi connectivity index (χ0n) is 16.5. The van der Waals surface area contributed by atoms with E-state index >= 15 is 0 Å². The van der Waals surface area contributed by atoms with E-state index in [-0.39, 0.29) is 17.4 Å². The van der Waals surface area contributed by atoms with Crippen molar-refractivity contribution in [2.45, 2.75) is 52.1 Å². The third-order valence-corrected chi connectivity index (χ3v) is 7.53. The average molecular weight is 447 g/mol. The number of rotatable bonds is 7. The van der Waals surface area contributed by atoms with Crippen LogP contribution in [0, 0.1) is 6.92 Å². The van der Waals surface area contributed by atoms with E-state index in [1.807, 2.05) is 0 Å². The van der Waals surface area contributed by atoms with Gasteiger partial charge in [0.2, 0.25) is 0 Å². The number of nitrogens with zero attached hydrogens (tertiary/aromatic N) is 4. The molecular weight excluding hydrogens is 424 g/mol. The van der Waals surface area contributed by atoms with Crippen LogP contribution in [-0.2, 0) is 13.0 Å². The van der Waals surface area contributed by atoms with Gasteiger partial charge in [-0.2, -0.15) is 0 Å². The number of carbonyl (C=O) groups is 1. The van der Waals surface area contributed by atoms with Crippen LogP contribution in [0.15, 0.2) is 23.8 Å². The van der Waals surface area contributed by atoms with Crippen molar-refractivity contribution in [1.82, 2.24) is 19.9 Å². The highest BCUT2D eigenvalue weighted by atomic mass is 35.5. The number of aryl methyl sites for hydroxylation is 1. The number of likely N-dealkylation sites (tertiary alicyclic amines) is 1. The largest absolute Gasteiger partial charge is 0.295 e. The summed E-state index contributed by atoms with van der Waals surface area (Å²) in [6, 6.07) is 2.82. The Kier molecular flexibility index (Phi) is 6.39. The topological polar surface area (TPSA) is 59.0 Å². The van der Waals surface area contributed by atoms with Gasteiger partial charge in [-0.15, -0.1) is 22.7 Å². The van der Waals surface area contributed by atoms with E-state index in [9.17, 15) is 4.79 Å². The van der Waals surface area contributed by atoms with E-state index < -0.39 is 0 Å². The third-order valence-electron chi connectivity index (χ3n) is 5.24. The van der Waals surface area contributed by atoms with Gasteiger partial charge in [0.1, 0.15) is 15.9 Å². The van der Waals surface area contributed by atoms with Crippen LogP contribution in [-0.4, -0.2) is 38.2 Å². The van der Waals surface area contributed by atoms with Gasteiger partial charge >= 0.3 is 0 Å². The smallest absolute Gasteiger partial charge is 0.189 e. The molecule has 4 heterocycles. The van der Waals surface area contributed by atoms with Gasteiger partial charge in [-0.1, -0.05) is 18.5 Å². The molecule has 0 bridgehead atoms. The van der Waals surface area contributed by atoms with Gasteiger partial charge in [0, 0.05) is 17.5 Å². The molecule has 29 heavy (non-hydrogen) atoms. The maximum Gasteiger partial charge on any atom is 0.189 e. The lowest BCUT2D eigenvalue weighted by Crippen LogP contribution is -2.27. The monoisotopic (exact) mass is 446 g/mol. The first-order chi connectivity index (χ1) is 14.0. The Morgan fingerprint density at radius 3 is 2.90 bits per heavy atom. The van der Waals surface area contributed by atoms with E-state index in [0.29, 0.717) is 11.7 Å². The second-order valence-electron chi connectivity index (χ2n) is 7.37. The molecule has 0 N–H and O–H groups in total. The Labute approximate surface area is 183 Å². The van der Waals surface area contributed by atoms with Gasteiger partial charge in [0.25, 0.3) is 0 Å². The number of halogens is 1. The molecule has 1 atom stereocenters. The minimum atomic E-state index is -0.0871. The summed E-state index contributed by atoms with van der Waals surface area (Å²) in [6.07, 6.45) is 6.76. The van der Waals surface area contributed by atoms with Crippen molar-refractivity contribution in [3.63, 3.8) is 0 Å². The highest BCUT2D eigenvalue weighted by Crippen LogP contribution is 2.35. The fourth-order valence-electron chi connectivity index (χ4n) is 3.77. The number of Topliss-reactive ketones (excluding diaryl/α,β-unsaturated/α-hetero) is 1. The van der Waals surface area contributed by atoms with Crippen molar-refractivity contribution >= 4 is 40.1 Å². The van der Waals surface area contributed by atoms with Crippen LogP contribution >= 0.6 is 34.3 Å². The molecule has 1 aliphatic rings. The molecule has 3 aromatic rings. The van der Waals surface area contributed by atoms with E-state index in [0.717, 1.165) is 23.8 Å². The van der Waals surface area contributed by atoms with Crippen LogP contribution in [0.1, 0.15) is 52.1 Å². The highest BCUT2D eigenvalue weighted by Gasteiger charge is 2.26. The van der Waals surface area contributed by atoms with Gasteiger partial charge in [-0.25, -0.2) is 15.0 Å². The van der Waals surface area contributed by atoms with Gasteiger partial charge in [-0.05, 0) is 49.7 Å². The molecular formula is C21H23ClN4OS2. The Bertz CT molecular complexity index is 999. The summed E-state index contributed by atoms with van der Waals surface area (Å²) in [5.41, 5.74) is 2.59. The molecule has 152 valence electrons. The number of hydrogen-bond donors (Lipinski definition) is 0. The molecule has 0 unspecified atom stereocenters. The molecule has 8 heteroatoms. The standard InChI is InChI=1S/C21H23ClN4OS2/c1-3-14-5-4-6-26(14)11-18-21(17-7-13(2)12-28-17)25-20(29-18)8-16(27)15-9-24-19(22)10-23-15/h7,9-10,12,14H,3-6,8,11H2,1-2H3/t14-/m1/s1. The Hall–Kier alpha value is -1.67. The molecule has 5 nitrogen and oxygen atoms in total. The van der Waals surface area contributed by atoms with Crippen LogP contribution in [0.25, 0.3) is 10.6 Å². The van der Waals surface area contributed by atoms with Crippen molar-refractivity contribution in [2.75, 3.05) is 6.54 Å². The fraction of sp³-hybridized carbons (Fsp3) is 0.429. The lowest BCUT2D eigenvalue weighted by atomic mass is 10.1. The molecule has 0 saturated carbocycles. The zero-order chi connectivity index (χ0) is 20.4. The van der Waals surface area contributed by atoms with E-state index in [1.165, 1.54) is 47.0 Å². The van der Waals surface area contributed by atoms with Gasteiger partial charge in [-0.3, -0.25) is 9.69 Å². The molecule has 1 aliphatic heterocycles. The maximum absolute atomic E-state index is 12.6. The number of ketones is 1. The lowest BCUT2D eigenvalue weighted by molar-refractivity contribution is 0.0988. The number of carbonyl (C=O) groups excluding carboxylic acids is 1. The van der Waals surface area contributed by atoms with Gasteiger partial charge in [0.15, 0.2) is 5.78 Å². The number of hydrogen-bond acceptors (Lipinski definition) is 7. The van der Waals surface area contributed by atoms with Crippen LogP contribution in [0.2, 0.25) is 5.15 Å².